The number of rotatable bonds is 6. The van der Waals surface area contributed by atoms with Gasteiger partial charge in [0.15, 0.2) is 0 Å². The molecule has 0 bridgehead atoms. The van der Waals surface area contributed by atoms with E-state index in [0.29, 0.717) is 6.61 Å². The molecule has 0 amide bonds. The van der Waals surface area contributed by atoms with E-state index in [-0.39, 0.29) is 11.5 Å². The minimum Gasteiger partial charge on any atom is -0.492 e. The third-order valence-electron chi connectivity index (χ3n) is 4.56. The summed E-state index contributed by atoms with van der Waals surface area (Å²) in [7, 11) is 0. The summed E-state index contributed by atoms with van der Waals surface area (Å²) >= 11 is 8.60. The van der Waals surface area contributed by atoms with Gasteiger partial charge in [-0.3, -0.25) is 4.79 Å². The number of pyridine rings is 1. The summed E-state index contributed by atoms with van der Waals surface area (Å²) in [4.78, 5) is 15.3. The van der Waals surface area contributed by atoms with E-state index in [1.807, 2.05) is 17.5 Å². The predicted octanol–water partition coefficient (Wildman–Crippen LogP) is 5.03. The summed E-state index contributed by atoms with van der Waals surface area (Å²) in [5, 5.41) is 8.86. The first kappa shape index (κ1) is 19.0. The highest BCUT2D eigenvalue weighted by Crippen LogP contribution is 2.40. The first-order chi connectivity index (χ1) is 13.1. The second kappa shape index (κ2) is 8.34. The van der Waals surface area contributed by atoms with Gasteiger partial charge in [-0.1, -0.05) is 15.9 Å². The smallest absolute Gasteiger partial charge is 0.201 e. The van der Waals surface area contributed by atoms with E-state index in [2.05, 4.69) is 53.5 Å². The van der Waals surface area contributed by atoms with Crippen molar-refractivity contribution in [2.45, 2.75) is 18.9 Å². The van der Waals surface area contributed by atoms with Crippen LogP contribution in [-0.4, -0.2) is 24.7 Å². The van der Waals surface area contributed by atoms with E-state index in [9.17, 15) is 4.79 Å². The Kier molecular flexibility index (Phi) is 5.87. The van der Waals surface area contributed by atoms with Crippen LogP contribution in [0.3, 0.4) is 0 Å². The highest BCUT2D eigenvalue weighted by Gasteiger charge is 2.23. The van der Waals surface area contributed by atoms with E-state index in [1.165, 1.54) is 16.9 Å². The molecule has 4 rings (SSSR count). The Morgan fingerprint density at radius 3 is 3.04 bits per heavy atom. The average molecular weight is 513 g/mol. The van der Waals surface area contributed by atoms with Crippen molar-refractivity contribution in [2.75, 3.05) is 25.0 Å². The van der Waals surface area contributed by atoms with Crippen LogP contribution in [0, 0.1) is 0 Å². The number of nitrogens with one attached hydrogen (secondary N) is 3. The first-order valence-electron chi connectivity index (χ1n) is 8.81. The minimum absolute atomic E-state index is 0.0642. The molecule has 27 heavy (non-hydrogen) atoms. The van der Waals surface area contributed by atoms with Crippen LogP contribution >= 0.6 is 43.2 Å². The number of ether oxygens (including phenoxy) is 1. The van der Waals surface area contributed by atoms with Crippen LogP contribution in [0.15, 0.2) is 43.4 Å². The summed E-state index contributed by atoms with van der Waals surface area (Å²) in [6.45, 7) is 2.38. The van der Waals surface area contributed by atoms with Gasteiger partial charge in [0.05, 0.1) is 21.3 Å². The fourth-order valence-corrected chi connectivity index (χ4v) is 5.43. The maximum absolute atomic E-state index is 12.0. The third-order valence-corrected chi connectivity index (χ3v) is 6.53. The molecular weight excluding hydrogens is 494 g/mol. The van der Waals surface area contributed by atoms with Gasteiger partial charge in [-0.15, -0.1) is 11.3 Å². The standard InChI is InChI=1S/C19H19Br2N3O2S/c20-11-8-12-14(2-6-26-18(12)13(21)9-11)22-4-1-5-23-17-10-16(25)19-15(24-17)3-7-27-19/h3,7-10,14,22H,1-2,4-6H2,(H2,23,24,25)/t14-/m0/s1. The Morgan fingerprint density at radius 2 is 2.15 bits per heavy atom. The number of anilines is 1. The molecule has 0 aliphatic carbocycles. The van der Waals surface area contributed by atoms with Crippen LogP contribution in [0.1, 0.15) is 24.4 Å². The summed E-state index contributed by atoms with van der Waals surface area (Å²) in [6.07, 6.45) is 1.90. The highest BCUT2D eigenvalue weighted by molar-refractivity contribution is 9.11. The molecule has 0 spiro atoms. The molecule has 0 saturated carbocycles. The molecule has 3 heterocycles. The molecule has 3 N–H and O–H groups in total. The molecule has 0 fully saturated rings. The van der Waals surface area contributed by atoms with E-state index < -0.39 is 0 Å². The Morgan fingerprint density at radius 1 is 1.26 bits per heavy atom. The lowest BCUT2D eigenvalue weighted by Crippen LogP contribution is -2.29. The first-order valence-corrected chi connectivity index (χ1v) is 11.3. The van der Waals surface area contributed by atoms with E-state index in [1.54, 1.807) is 6.07 Å². The SMILES string of the molecule is O=c1cc(NCCCN[C@H]2CCOc3c(Br)cc(Br)cc32)[nH]c2ccsc12. The van der Waals surface area contributed by atoms with Crippen molar-refractivity contribution in [2.24, 2.45) is 0 Å². The number of thiophene rings is 1. The number of fused-ring (bicyclic) bond motifs is 2. The van der Waals surface area contributed by atoms with Crippen LogP contribution in [0.4, 0.5) is 5.82 Å². The molecule has 8 heteroatoms. The largest absolute Gasteiger partial charge is 0.492 e. The maximum Gasteiger partial charge on any atom is 0.201 e. The van der Waals surface area contributed by atoms with Gasteiger partial charge in [0.1, 0.15) is 11.6 Å². The zero-order chi connectivity index (χ0) is 18.8. The Labute approximate surface area is 177 Å². The van der Waals surface area contributed by atoms with Crippen molar-refractivity contribution in [3.63, 3.8) is 0 Å². The second-order valence-electron chi connectivity index (χ2n) is 6.44. The van der Waals surface area contributed by atoms with Crippen LogP contribution in [-0.2, 0) is 0 Å². The number of halogens is 2. The van der Waals surface area contributed by atoms with Gasteiger partial charge >= 0.3 is 0 Å². The molecular formula is C19H19Br2N3O2S. The van der Waals surface area contributed by atoms with Gasteiger partial charge < -0.3 is 20.4 Å². The second-order valence-corrected chi connectivity index (χ2v) is 9.13. The summed E-state index contributed by atoms with van der Waals surface area (Å²) < 4.78 is 8.61. The molecule has 3 aromatic rings. The molecule has 1 aliphatic heterocycles. The molecule has 2 aromatic heterocycles. The van der Waals surface area contributed by atoms with E-state index >= 15 is 0 Å². The topological polar surface area (TPSA) is 66.2 Å². The van der Waals surface area contributed by atoms with Gasteiger partial charge in [-0.05, 0) is 52.5 Å². The predicted molar refractivity (Wildman–Crippen MR) is 118 cm³/mol. The van der Waals surface area contributed by atoms with Crippen molar-refractivity contribution in [3.05, 3.63) is 54.4 Å². The van der Waals surface area contributed by atoms with Gasteiger partial charge in [0.2, 0.25) is 5.43 Å². The molecule has 0 saturated heterocycles. The number of H-pyrrole nitrogens is 1. The van der Waals surface area contributed by atoms with Crippen molar-refractivity contribution >= 4 is 59.2 Å². The molecule has 1 atom stereocenters. The molecule has 1 aliphatic rings. The molecule has 1 aromatic carbocycles. The lowest BCUT2D eigenvalue weighted by molar-refractivity contribution is 0.251. The van der Waals surface area contributed by atoms with Crippen molar-refractivity contribution in [3.8, 4) is 5.75 Å². The lowest BCUT2D eigenvalue weighted by atomic mass is 10.0. The molecule has 0 unspecified atom stereocenters. The van der Waals surface area contributed by atoms with Gasteiger partial charge in [-0.25, -0.2) is 0 Å². The van der Waals surface area contributed by atoms with Crippen molar-refractivity contribution in [1.82, 2.24) is 10.3 Å². The molecule has 142 valence electrons. The normalized spacial score (nSPS) is 16.1. The van der Waals surface area contributed by atoms with Crippen LogP contribution in [0.5, 0.6) is 5.75 Å². The fraction of sp³-hybridized carbons (Fsp3) is 0.316. The lowest BCUT2D eigenvalue weighted by Gasteiger charge is -2.28. The zero-order valence-electron chi connectivity index (χ0n) is 14.5. The van der Waals surface area contributed by atoms with Crippen LogP contribution < -0.4 is 20.8 Å². The molecule has 0 radical (unpaired) electrons. The maximum atomic E-state index is 12.0. The summed E-state index contributed by atoms with van der Waals surface area (Å²) in [6, 6.07) is 7.99. The highest BCUT2D eigenvalue weighted by atomic mass is 79.9. The Bertz CT molecular complexity index is 1020. The number of hydrogen-bond acceptors (Lipinski definition) is 5. The van der Waals surface area contributed by atoms with Crippen molar-refractivity contribution in [1.29, 1.82) is 0 Å². The number of benzene rings is 1. The summed E-state index contributed by atoms with van der Waals surface area (Å²) in [5.41, 5.74) is 2.14. The Hall–Kier alpha value is -1.35. The number of hydrogen-bond donors (Lipinski definition) is 3. The van der Waals surface area contributed by atoms with Gasteiger partial charge in [0.25, 0.3) is 0 Å². The fourth-order valence-electron chi connectivity index (χ4n) is 3.30. The number of aromatic amines is 1. The quantitative estimate of drug-likeness (QED) is 0.405. The van der Waals surface area contributed by atoms with E-state index in [4.69, 9.17) is 4.74 Å². The van der Waals surface area contributed by atoms with E-state index in [0.717, 1.165) is 56.7 Å². The Balaban J connectivity index is 1.31. The average Bonchev–Trinajstić information content (AvgIpc) is 3.11. The van der Waals surface area contributed by atoms with Crippen LogP contribution in [0.25, 0.3) is 10.2 Å². The minimum atomic E-state index is 0.0642. The van der Waals surface area contributed by atoms with Gasteiger partial charge in [-0.2, -0.15) is 0 Å². The van der Waals surface area contributed by atoms with Crippen LogP contribution in [0.2, 0.25) is 0 Å². The zero-order valence-corrected chi connectivity index (χ0v) is 18.5. The van der Waals surface area contributed by atoms with Crippen molar-refractivity contribution < 1.29 is 4.74 Å². The van der Waals surface area contributed by atoms with Gasteiger partial charge in [0, 0.05) is 35.1 Å². The number of aromatic nitrogens is 1. The molecule has 5 nitrogen and oxygen atoms in total. The monoisotopic (exact) mass is 511 g/mol. The third kappa shape index (κ3) is 4.23. The summed E-state index contributed by atoms with van der Waals surface area (Å²) in [5.74, 6) is 1.71.